The summed E-state index contributed by atoms with van der Waals surface area (Å²) in [6.45, 7) is 2.74. The minimum absolute atomic E-state index is 0.433. The molecule has 0 spiro atoms. The molecule has 2 saturated carbocycles. The summed E-state index contributed by atoms with van der Waals surface area (Å²) in [4.78, 5) is 0. The summed E-state index contributed by atoms with van der Waals surface area (Å²) in [7, 11) is 0. The second-order valence-electron chi connectivity index (χ2n) is 4.04. The Hall–Kier alpha value is -0.0400. The zero-order valence-corrected chi connectivity index (χ0v) is 6.59. The van der Waals surface area contributed by atoms with Crippen molar-refractivity contribution >= 4 is 0 Å². The molecule has 2 rings (SSSR count). The Balaban J connectivity index is 2.10. The van der Waals surface area contributed by atoms with Gasteiger partial charge in [-0.1, -0.05) is 6.92 Å². The fraction of sp³-hybridized carbons (Fsp3) is 1.00. The molecule has 1 nitrogen and oxygen atoms in total. The van der Waals surface area contributed by atoms with Crippen molar-refractivity contribution in [3.05, 3.63) is 0 Å². The zero-order chi connectivity index (χ0) is 7.14. The minimum atomic E-state index is 0.433. The standard InChI is InChI=1S/C9H16O/c1-6-7-2-3-8(4-7)9(6)5-10/h6-10H,2-5H2,1H3/t6-,7-,8+,9-/m1/s1. The number of aliphatic hydroxyl groups excluding tert-OH is 1. The van der Waals surface area contributed by atoms with Crippen molar-refractivity contribution in [1.82, 2.24) is 0 Å². The fourth-order valence-corrected chi connectivity index (χ4v) is 3.01. The molecular formula is C9H16O. The van der Waals surface area contributed by atoms with Crippen LogP contribution in [0.5, 0.6) is 0 Å². The molecule has 4 atom stereocenters. The van der Waals surface area contributed by atoms with Gasteiger partial charge in [0.2, 0.25) is 0 Å². The lowest BCUT2D eigenvalue weighted by Crippen LogP contribution is -2.22. The third-order valence-electron chi connectivity index (χ3n) is 3.75. The van der Waals surface area contributed by atoms with E-state index in [4.69, 9.17) is 5.11 Å². The molecule has 0 saturated heterocycles. The first kappa shape index (κ1) is 6.66. The lowest BCUT2D eigenvalue weighted by atomic mass is 9.81. The van der Waals surface area contributed by atoms with E-state index in [0.717, 1.165) is 17.8 Å². The van der Waals surface area contributed by atoms with Crippen LogP contribution >= 0.6 is 0 Å². The molecular weight excluding hydrogens is 124 g/mol. The van der Waals surface area contributed by atoms with Crippen molar-refractivity contribution in [2.75, 3.05) is 6.61 Å². The number of fused-ring (bicyclic) bond motifs is 2. The smallest absolute Gasteiger partial charge is 0.0464 e. The van der Waals surface area contributed by atoms with E-state index in [1.54, 1.807) is 0 Å². The third-order valence-corrected chi connectivity index (χ3v) is 3.75. The van der Waals surface area contributed by atoms with Gasteiger partial charge in [0.05, 0.1) is 0 Å². The van der Waals surface area contributed by atoms with Crippen LogP contribution < -0.4 is 0 Å². The van der Waals surface area contributed by atoms with E-state index in [1.165, 1.54) is 19.3 Å². The highest BCUT2D eigenvalue weighted by molar-refractivity contribution is 4.93. The summed E-state index contributed by atoms with van der Waals surface area (Å²) in [6.07, 6.45) is 4.23. The summed E-state index contributed by atoms with van der Waals surface area (Å²) in [5, 5.41) is 9.06. The summed E-state index contributed by atoms with van der Waals surface area (Å²) < 4.78 is 0. The van der Waals surface area contributed by atoms with Crippen LogP contribution in [0.25, 0.3) is 0 Å². The van der Waals surface area contributed by atoms with Crippen molar-refractivity contribution in [2.24, 2.45) is 23.7 Å². The van der Waals surface area contributed by atoms with Gasteiger partial charge in [-0.3, -0.25) is 0 Å². The van der Waals surface area contributed by atoms with E-state index >= 15 is 0 Å². The van der Waals surface area contributed by atoms with E-state index in [1.807, 2.05) is 0 Å². The average Bonchev–Trinajstić information content (AvgIpc) is 2.46. The molecule has 10 heavy (non-hydrogen) atoms. The highest BCUT2D eigenvalue weighted by Crippen LogP contribution is 2.51. The molecule has 0 aliphatic heterocycles. The van der Waals surface area contributed by atoms with Gasteiger partial charge < -0.3 is 5.11 Å². The van der Waals surface area contributed by atoms with Crippen LogP contribution in [0.15, 0.2) is 0 Å². The number of aliphatic hydroxyl groups is 1. The maximum Gasteiger partial charge on any atom is 0.0464 e. The fourth-order valence-electron chi connectivity index (χ4n) is 3.01. The Morgan fingerprint density at radius 1 is 1.30 bits per heavy atom. The molecule has 0 aromatic carbocycles. The predicted octanol–water partition coefficient (Wildman–Crippen LogP) is 1.66. The van der Waals surface area contributed by atoms with Gasteiger partial charge in [0.1, 0.15) is 0 Å². The minimum Gasteiger partial charge on any atom is -0.396 e. The van der Waals surface area contributed by atoms with Gasteiger partial charge in [-0.2, -0.15) is 0 Å². The Labute approximate surface area is 62.4 Å². The maximum absolute atomic E-state index is 9.06. The molecule has 0 radical (unpaired) electrons. The van der Waals surface area contributed by atoms with Crippen LogP contribution in [0.4, 0.5) is 0 Å². The highest BCUT2D eigenvalue weighted by atomic mass is 16.3. The first-order chi connectivity index (χ1) is 4.83. The normalized spacial score (nSPS) is 52.2. The Morgan fingerprint density at radius 3 is 2.40 bits per heavy atom. The summed E-state index contributed by atoms with van der Waals surface area (Å²) in [5.41, 5.74) is 0. The van der Waals surface area contributed by atoms with E-state index in [9.17, 15) is 0 Å². The lowest BCUT2D eigenvalue weighted by molar-refractivity contribution is 0.134. The molecule has 1 heteroatoms. The Bertz CT molecular complexity index is 131. The Morgan fingerprint density at radius 2 is 2.00 bits per heavy atom. The monoisotopic (exact) mass is 140 g/mol. The van der Waals surface area contributed by atoms with Crippen molar-refractivity contribution in [2.45, 2.75) is 26.2 Å². The van der Waals surface area contributed by atoms with E-state index in [2.05, 4.69) is 6.92 Å². The van der Waals surface area contributed by atoms with Gasteiger partial charge in [-0.05, 0) is 42.9 Å². The maximum atomic E-state index is 9.06. The van der Waals surface area contributed by atoms with Crippen molar-refractivity contribution in [3.8, 4) is 0 Å². The third kappa shape index (κ3) is 0.731. The quantitative estimate of drug-likeness (QED) is 0.587. The van der Waals surface area contributed by atoms with E-state index in [-0.39, 0.29) is 0 Å². The van der Waals surface area contributed by atoms with Gasteiger partial charge in [-0.25, -0.2) is 0 Å². The average molecular weight is 140 g/mol. The molecule has 2 aliphatic carbocycles. The van der Waals surface area contributed by atoms with Crippen molar-refractivity contribution in [3.63, 3.8) is 0 Å². The molecule has 2 fully saturated rings. The van der Waals surface area contributed by atoms with Crippen molar-refractivity contribution in [1.29, 1.82) is 0 Å². The van der Waals surface area contributed by atoms with Crippen LogP contribution in [0.2, 0.25) is 0 Å². The van der Waals surface area contributed by atoms with Gasteiger partial charge in [0.15, 0.2) is 0 Å². The summed E-state index contributed by atoms with van der Waals surface area (Å²) >= 11 is 0. The Kier molecular flexibility index (Phi) is 1.48. The number of rotatable bonds is 1. The molecule has 2 aliphatic rings. The highest BCUT2D eigenvalue weighted by Gasteiger charge is 2.44. The van der Waals surface area contributed by atoms with Gasteiger partial charge in [-0.15, -0.1) is 0 Å². The summed E-state index contributed by atoms with van der Waals surface area (Å²) in [5.74, 6) is 3.30. The van der Waals surface area contributed by atoms with E-state index in [0.29, 0.717) is 12.5 Å². The molecule has 0 aromatic heterocycles. The molecule has 58 valence electrons. The summed E-state index contributed by atoms with van der Waals surface area (Å²) in [6, 6.07) is 0. The first-order valence-electron chi connectivity index (χ1n) is 4.43. The zero-order valence-electron chi connectivity index (χ0n) is 6.59. The van der Waals surface area contributed by atoms with Crippen LogP contribution in [0, 0.1) is 23.7 Å². The van der Waals surface area contributed by atoms with Crippen LogP contribution in [0.1, 0.15) is 26.2 Å². The SMILES string of the molecule is C[C@@H]1[C@@H]2CC[C@@H](C2)[C@@H]1CO. The van der Waals surface area contributed by atoms with Gasteiger partial charge >= 0.3 is 0 Å². The van der Waals surface area contributed by atoms with Crippen LogP contribution in [-0.2, 0) is 0 Å². The lowest BCUT2D eigenvalue weighted by Gasteiger charge is -2.25. The topological polar surface area (TPSA) is 20.2 Å². The molecule has 1 N–H and O–H groups in total. The number of hydrogen-bond acceptors (Lipinski definition) is 1. The molecule has 0 heterocycles. The van der Waals surface area contributed by atoms with Crippen LogP contribution in [-0.4, -0.2) is 11.7 Å². The molecule has 0 unspecified atom stereocenters. The molecule has 0 aromatic rings. The largest absolute Gasteiger partial charge is 0.396 e. The first-order valence-corrected chi connectivity index (χ1v) is 4.43. The molecule has 2 bridgehead atoms. The number of hydrogen-bond donors (Lipinski definition) is 1. The van der Waals surface area contributed by atoms with Crippen molar-refractivity contribution < 1.29 is 5.11 Å². The second-order valence-corrected chi connectivity index (χ2v) is 4.04. The predicted molar refractivity (Wildman–Crippen MR) is 40.6 cm³/mol. The second kappa shape index (κ2) is 2.23. The van der Waals surface area contributed by atoms with Gasteiger partial charge in [0.25, 0.3) is 0 Å². The molecule has 0 amide bonds. The van der Waals surface area contributed by atoms with E-state index < -0.39 is 0 Å². The van der Waals surface area contributed by atoms with Crippen LogP contribution in [0.3, 0.4) is 0 Å². The van der Waals surface area contributed by atoms with Gasteiger partial charge in [0, 0.05) is 6.61 Å².